The molecule has 0 unspecified atom stereocenters. The Balaban J connectivity index is 1.05. The van der Waals surface area contributed by atoms with Crippen LogP contribution in [0.5, 0.6) is 0 Å². The minimum absolute atomic E-state index is 0.998. The molecule has 0 spiro atoms. The summed E-state index contributed by atoms with van der Waals surface area (Å²) < 4.78 is 6.12. The first-order valence-corrected chi connectivity index (χ1v) is 22.3. The van der Waals surface area contributed by atoms with Crippen LogP contribution in [0.3, 0.4) is 0 Å². The first-order chi connectivity index (χ1) is 31.3. The molecule has 0 N–H and O–H groups in total. The van der Waals surface area contributed by atoms with Crippen molar-refractivity contribution in [3.8, 4) is 55.3 Å². The normalized spacial score (nSPS) is 11.8. The lowest BCUT2D eigenvalue weighted by molar-refractivity contribution is 1.13. The largest absolute Gasteiger partial charge is 0.309 e. The molecule has 0 aliphatic carbocycles. The molecule has 0 fully saturated rings. The van der Waals surface area contributed by atoms with Crippen molar-refractivity contribution in [2.45, 2.75) is 0 Å². The van der Waals surface area contributed by atoms with Gasteiger partial charge in [0.05, 0.1) is 33.3 Å². The average molecular weight is 820 g/mol. The van der Waals surface area contributed by atoms with E-state index >= 15 is 0 Å². The van der Waals surface area contributed by atoms with Crippen molar-refractivity contribution in [2.24, 2.45) is 0 Å². The van der Waals surface area contributed by atoms with Gasteiger partial charge in [-0.1, -0.05) is 176 Å². The number of hydrogen-bond acceptors (Lipinski definition) is 2. The van der Waals surface area contributed by atoms with Crippen molar-refractivity contribution < 1.29 is 0 Å². The summed E-state index contributed by atoms with van der Waals surface area (Å²) in [5.41, 5.74) is 16.0. The van der Waals surface area contributed by atoms with Gasteiger partial charge in [-0.05, 0) is 70.8 Å². The first-order valence-electron chi connectivity index (χ1n) is 21.5. The van der Waals surface area contributed by atoms with E-state index in [4.69, 9.17) is 4.98 Å². The molecule has 4 heteroatoms. The number of fused-ring (bicyclic) bond motifs is 9. The summed E-state index contributed by atoms with van der Waals surface area (Å²) in [6.45, 7) is 0. The zero-order chi connectivity index (χ0) is 41.4. The van der Waals surface area contributed by atoms with E-state index in [1.807, 2.05) is 11.3 Å². The summed E-state index contributed by atoms with van der Waals surface area (Å²) >= 11 is 1.87. The highest BCUT2D eigenvalue weighted by atomic mass is 32.1. The first kappa shape index (κ1) is 35.7. The molecule has 3 nitrogen and oxygen atoms in total. The van der Waals surface area contributed by atoms with E-state index in [0.717, 1.165) is 39.3 Å². The Bertz CT molecular complexity index is 3650. The number of benzene rings is 9. The van der Waals surface area contributed by atoms with E-state index < -0.39 is 0 Å². The van der Waals surface area contributed by atoms with Crippen LogP contribution in [0, 0.1) is 0 Å². The van der Waals surface area contributed by atoms with Crippen LogP contribution in [-0.4, -0.2) is 14.1 Å². The van der Waals surface area contributed by atoms with E-state index in [1.165, 1.54) is 80.7 Å². The Hall–Kier alpha value is -8.05. The van der Waals surface area contributed by atoms with Gasteiger partial charge in [0.15, 0.2) is 0 Å². The minimum Gasteiger partial charge on any atom is -0.309 e. The van der Waals surface area contributed by atoms with Gasteiger partial charge in [0.25, 0.3) is 0 Å². The molecule has 0 amide bonds. The van der Waals surface area contributed by atoms with Gasteiger partial charge >= 0.3 is 0 Å². The second kappa shape index (κ2) is 14.3. The number of rotatable bonds is 6. The van der Waals surface area contributed by atoms with Crippen molar-refractivity contribution in [3.63, 3.8) is 0 Å². The summed E-state index contributed by atoms with van der Waals surface area (Å²) in [4.78, 5) is 6.74. The molecule has 0 aliphatic heterocycles. The van der Waals surface area contributed by atoms with E-state index in [0.29, 0.717) is 0 Å². The van der Waals surface area contributed by atoms with Gasteiger partial charge in [0.1, 0.15) is 0 Å². The average Bonchev–Trinajstić information content (AvgIpc) is 4.03. The topological polar surface area (TPSA) is 22.8 Å². The van der Waals surface area contributed by atoms with Crippen molar-refractivity contribution in [1.82, 2.24) is 14.1 Å². The maximum Gasteiger partial charge on any atom is 0.0803 e. The van der Waals surface area contributed by atoms with E-state index in [1.54, 1.807) is 0 Å². The van der Waals surface area contributed by atoms with Gasteiger partial charge in [0, 0.05) is 64.4 Å². The highest BCUT2D eigenvalue weighted by Gasteiger charge is 2.23. The van der Waals surface area contributed by atoms with Gasteiger partial charge in [-0.25, -0.2) is 4.98 Å². The van der Waals surface area contributed by atoms with Crippen molar-refractivity contribution in [1.29, 1.82) is 0 Å². The Morgan fingerprint density at radius 1 is 0.333 bits per heavy atom. The summed E-state index contributed by atoms with van der Waals surface area (Å²) in [7, 11) is 0. The molecule has 0 atom stereocenters. The Morgan fingerprint density at radius 2 is 0.762 bits per heavy atom. The van der Waals surface area contributed by atoms with Crippen molar-refractivity contribution in [3.05, 3.63) is 224 Å². The number of nitrogens with zero attached hydrogens (tertiary/aromatic N) is 3. The van der Waals surface area contributed by atoms with Crippen LogP contribution in [0.1, 0.15) is 0 Å². The predicted octanol–water partition coefficient (Wildman–Crippen LogP) is 16.3. The van der Waals surface area contributed by atoms with Crippen molar-refractivity contribution >= 4 is 75.9 Å². The lowest BCUT2D eigenvalue weighted by Gasteiger charge is -2.16. The second-order valence-electron chi connectivity index (χ2n) is 16.3. The molecule has 0 aliphatic rings. The van der Waals surface area contributed by atoms with Gasteiger partial charge < -0.3 is 9.13 Å². The van der Waals surface area contributed by atoms with Crippen LogP contribution in [0.15, 0.2) is 224 Å². The zero-order valence-electron chi connectivity index (χ0n) is 34.1. The third kappa shape index (κ3) is 5.62. The fraction of sp³-hybridized carbons (Fsp3) is 0. The minimum atomic E-state index is 0.998. The quantitative estimate of drug-likeness (QED) is 0.164. The third-order valence-electron chi connectivity index (χ3n) is 12.7. The van der Waals surface area contributed by atoms with Crippen LogP contribution in [0.2, 0.25) is 0 Å². The Morgan fingerprint density at radius 3 is 1.29 bits per heavy atom. The lowest BCUT2D eigenvalue weighted by Crippen LogP contribution is -2.00. The van der Waals surface area contributed by atoms with Gasteiger partial charge in [-0.15, -0.1) is 11.3 Å². The summed E-state index contributed by atoms with van der Waals surface area (Å²) in [6.07, 6.45) is 0. The van der Waals surface area contributed by atoms with E-state index in [-0.39, 0.29) is 0 Å². The Kier molecular flexibility index (Phi) is 8.08. The molecule has 4 heterocycles. The fourth-order valence-corrected chi connectivity index (χ4v) is 11.3. The smallest absolute Gasteiger partial charge is 0.0803 e. The summed E-state index contributed by atoms with van der Waals surface area (Å²) in [6, 6.07) is 81.5. The van der Waals surface area contributed by atoms with E-state index in [2.05, 4.69) is 234 Å². The molecule has 0 radical (unpaired) electrons. The fourth-order valence-electron chi connectivity index (χ4n) is 9.91. The standard InChI is InChI=1S/C59H37N3S/c1-3-17-39(18-4-1)55-56-57(60-50-26-12-7-25-49(50)59(56)63-58(55)41-19-5-2-6-20-41)40-33-31-38(32-34-40)42-35-43(61-51-27-13-8-21-45(51)46-22-9-14-28-52(46)61)37-44(36-42)62-53-29-15-10-23-47(53)48-24-11-16-30-54(48)62/h1-37H. The molecule has 0 bridgehead atoms. The molecule has 4 aromatic heterocycles. The molecule has 63 heavy (non-hydrogen) atoms. The maximum absolute atomic E-state index is 5.48. The number of para-hydroxylation sites is 5. The second-order valence-corrected chi connectivity index (χ2v) is 17.3. The van der Waals surface area contributed by atoms with Crippen LogP contribution in [0.4, 0.5) is 0 Å². The summed E-state index contributed by atoms with van der Waals surface area (Å²) in [5, 5.41) is 7.35. The Labute approximate surface area is 368 Å². The monoisotopic (exact) mass is 819 g/mol. The number of thiophene rings is 1. The number of pyridine rings is 1. The van der Waals surface area contributed by atoms with Crippen LogP contribution in [0.25, 0.3) is 120 Å². The third-order valence-corrected chi connectivity index (χ3v) is 14.0. The van der Waals surface area contributed by atoms with Gasteiger partial charge in [0.2, 0.25) is 0 Å². The predicted molar refractivity (Wildman–Crippen MR) is 268 cm³/mol. The van der Waals surface area contributed by atoms with E-state index in [9.17, 15) is 0 Å². The van der Waals surface area contributed by atoms with Gasteiger partial charge in [-0.2, -0.15) is 0 Å². The summed E-state index contributed by atoms with van der Waals surface area (Å²) in [5.74, 6) is 0. The molecule has 0 saturated heterocycles. The number of hydrogen-bond donors (Lipinski definition) is 0. The lowest BCUT2D eigenvalue weighted by atomic mass is 9.94. The highest BCUT2D eigenvalue weighted by molar-refractivity contribution is 7.24. The van der Waals surface area contributed by atoms with Gasteiger partial charge in [-0.3, -0.25) is 0 Å². The van der Waals surface area contributed by atoms with Crippen LogP contribution >= 0.6 is 11.3 Å². The maximum atomic E-state index is 5.48. The molecular weight excluding hydrogens is 783 g/mol. The highest BCUT2D eigenvalue weighted by Crippen LogP contribution is 2.50. The molecular formula is C59H37N3S. The molecule has 13 rings (SSSR count). The van der Waals surface area contributed by atoms with Crippen LogP contribution < -0.4 is 0 Å². The van der Waals surface area contributed by atoms with Crippen molar-refractivity contribution in [2.75, 3.05) is 0 Å². The molecule has 0 saturated carbocycles. The number of aromatic nitrogens is 3. The SMILES string of the molecule is c1ccc(-c2sc3c(c(-c4ccc(-c5cc(-n6c7ccccc7c7ccccc76)cc(-n6c7ccccc7c7ccccc76)c5)cc4)nc4ccccc43)c2-c2ccccc2)cc1. The zero-order valence-corrected chi connectivity index (χ0v) is 34.9. The van der Waals surface area contributed by atoms with Crippen LogP contribution in [-0.2, 0) is 0 Å². The molecule has 13 aromatic rings. The molecule has 294 valence electrons. The molecule has 9 aromatic carbocycles.